The predicted molar refractivity (Wildman–Crippen MR) is 92.6 cm³/mol. The highest BCUT2D eigenvalue weighted by Crippen LogP contribution is 2.24. The van der Waals surface area contributed by atoms with Crippen LogP contribution in [0.5, 0.6) is 0 Å². The average Bonchev–Trinajstić information content (AvgIpc) is 2.53. The minimum atomic E-state index is -0.479. The number of esters is 1. The van der Waals surface area contributed by atoms with E-state index >= 15 is 0 Å². The van der Waals surface area contributed by atoms with Crippen molar-refractivity contribution in [3.63, 3.8) is 0 Å². The Kier molecular flexibility index (Phi) is 6.41. The SMILES string of the molecule is CC(C)OC(=O)CC(=O)c1cccc(SCc2ccccc2)c1. The Morgan fingerprint density at radius 2 is 1.78 bits per heavy atom. The Hall–Kier alpha value is -2.07. The fourth-order valence-corrected chi connectivity index (χ4v) is 2.95. The van der Waals surface area contributed by atoms with Crippen molar-refractivity contribution in [2.75, 3.05) is 0 Å². The Labute approximate surface area is 141 Å². The van der Waals surface area contributed by atoms with Crippen LogP contribution in [0.3, 0.4) is 0 Å². The van der Waals surface area contributed by atoms with Crippen LogP contribution in [-0.4, -0.2) is 17.9 Å². The molecular weight excluding hydrogens is 308 g/mol. The molecule has 0 aliphatic rings. The number of hydrogen-bond donors (Lipinski definition) is 0. The summed E-state index contributed by atoms with van der Waals surface area (Å²) in [5.41, 5.74) is 1.78. The zero-order valence-corrected chi connectivity index (χ0v) is 14.1. The van der Waals surface area contributed by atoms with Gasteiger partial charge in [-0.2, -0.15) is 0 Å². The summed E-state index contributed by atoms with van der Waals surface area (Å²) in [6.07, 6.45) is -0.423. The summed E-state index contributed by atoms with van der Waals surface area (Å²) in [6, 6.07) is 17.5. The van der Waals surface area contributed by atoms with E-state index in [1.165, 1.54) is 5.56 Å². The second-order valence-electron chi connectivity index (χ2n) is 5.44. The van der Waals surface area contributed by atoms with Gasteiger partial charge in [0.15, 0.2) is 5.78 Å². The first-order valence-corrected chi connectivity index (χ1v) is 8.52. The van der Waals surface area contributed by atoms with Crippen LogP contribution in [0.1, 0.15) is 36.2 Å². The molecule has 0 heterocycles. The van der Waals surface area contributed by atoms with E-state index in [1.54, 1.807) is 31.7 Å². The van der Waals surface area contributed by atoms with Gasteiger partial charge in [0, 0.05) is 16.2 Å². The molecule has 0 aliphatic heterocycles. The van der Waals surface area contributed by atoms with Crippen molar-refractivity contribution in [1.82, 2.24) is 0 Å². The van der Waals surface area contributed by atoms with Gasteiger partial charge in [-0.05, 0) is 31.5 Å². The van der Waals surface area contributed by atoms with E-state index in [2.05, 4.69) is 12.1 Å². The molecule has 0 spiro atoms. The molecule has 2 aromatic carbocycles. The van der Waals surface area contributed by atoms with Crippen molar-refractivity contribution in [3.8, 4) is 0 Å². The summed E-state index contributed by atoms with van der Waals surface area (Å²) < 4.78 is 5.01. The van der Waals surface area contributed by atoms with Crippen LogP contribution < -0.4 is 0 Å². The first-order chi connectivity index (χ1) is 11.0. The van der Waals surface area contributed by atoms with Gasteiger partial charge in [0.25, 0.3) is 0 Å². The predicted octanol–water partition coefficient (Wildman–Crippen LogP) is 4.50. The highest BCUT2D eigenvalue weighted by molar-refractivity contribution is 7.98. The lowest BCUT2D eigenvalue weighted by molar-refractivity contribution is -0.146. The number of ether oxygens (including phenoxy) is 1. The van der Waals surface area contributed by atoms with Crippen LogP contribution in [0.25, 0.3) is 0 Å². The molecule has 0 amide bonds. The topological polar surface area (TPSA) is 43.4 Å². The number of ketones is 1. The molecule has 0 fully saturated rings. The molecule has 0 atom stereocenters. The maximum absolute atomic E-state index is 12.2. The number of hydrogen-bond acceptors (Lipinski definition) is 4. The van der Waals surface area contributed by atoms with E-state index in [1.807, 2.05) is 36.4 Å². The molecule has 0 unspecified atom stereocenters. The molecule has 0 aliphatic carbocycles. The van der Waals surface area contributed by atoms with Crippen LogP contribution >= 0.6 is 11.8 Å². The van der Waals surface area contributed by atoms with Gasteiger partial charge in [-0.1, -0.05) is 42.5 Å². The first kappa shape index (κ1) is 17.3. The molecule has 2 aromatic rings. The Bertz CT molecular complexity index is 665. The molecule has 3 nitrogen and oxygen atoms in total. The third-order valence-electron chi connectivity index (χ3n) is 3.08. The smallest absolute Gasteiger partial charge is 0.313 e. The minimum absolute atomic E-state index is 0.205. The van der Waals surface area contributed by atoms with Crippen LogP contribution in [0, 0.1) is 0 Å². The largest absolute Gasteiger partial charge is 0.463 e. The molecule has 0 radical (unpaired) electrons. The van der Waals surface area contributed by atoms with E-state index in [4.69, 9.17) is 4.74 Å². The van der Waals surface area contributed by atoms with Crippen molar-refractivity contribution in [2.24, 2.45) is 0 Å². The Morgan fingerprint density at radius 1 is 1.04 bits per heavy atom. The van der Waals surface area contributed by atoms with Crippen molar-refractivity contribution in [3.05, 3.63) is 65.7 Å². The van der Waals surface area contributed by atoms with E-state index in [-0.39, 0.29) is 18.3 Å². The fourth-order valence-electron chi connectivity index (χ4n) is 2.04. The molecule has 0 saturated heterocycles. The third kappa shape index (κ3) is 5.91. The minimum Gasteiger partial charge on any atom is -0.463 e. The van der Waals surface area contributed by atoms with E-state index in [0.717, 1.165) is 10.6 Å². The second-order valence-corrected chi connectivity index (χ2v) is 6.49. The van der Waals surface area contributed by atoms with E-state index < -0.39 is 5.97 Å². The van der Waals surface area contributed by atoms with Crippen molar-refractivity contribution >= 4 is 23.5 Å². The number of benzene rings is 2. The maximum Gasteiger partial charge on any atom is 0.313 e. The number of rotatable bonds is 7. The Balaban J connectivity index is 1.96. The van der Waals surface area contributed by atoms with Gasteiger partial charge in [-0.3, -0.25) is 9.59 Å². The second kappa shape index (κ2) is 8.53. The molecule has 0 bridgehead atoms. The standard InChI is InChI=1S/C19H20O3S/c1-14(2)22-19(21)12-18(20)16-9-6-10-17(11-16)23-13-15-7-4-3-5-8-15/h3-11,14H,12-13H2,1-2H3. The molecule has 120 valence electrons. The molecule has 23 heavy (non-hydrogen) atoms. The van der Waals surface area contributed by atoms with Gasteiger partial charge in [-0.15, -0.1) is 11.8 Å². The number of thioether (sulfide) groups is 1. The summed E-state index contributed by atoms with van der Waals surface area (Å²) in [7, 11) is 0. The van der Waals surface area contributed by atoms with Gasteiger partial charge < -0.3 is 4.74 Å². The van der Waals surface area contributed by atoms with Crippen molar-refractivity contribution in [1.29, 1.82) is 0 Å². The summed E-state index contributed by atoms with van der Waals surface area (Å²) in [5, 5.41) is 0. The molecule has 0 aromatic heterocycles. The first-order valence-electron chi connectivity index (χ1n) is 7.54. The van der Waals surface area contributed by atoms with E-state index in [9.17, 15) is 9.59 Å². The summed E-state index contributed by atoms with van der Waals surface area (Å²) in [6.45, 7) is 3.53. The van der Waals surface area contributed by atoms with Crippen molar-refractivity contribution < 1.29 is 14.3 Å². The number of carbonyl (C=O) groups is 2. The lowest BCUT2D eigenvalue weighted by Gasteiger charge is -2.08. The lowest BCUT2D eigenvalue weighted by atomic mass is 10.1. The van der Waals surface area contributed by atoms with Crippen LogP contribution in [0.2, 0.25) is 0 Å². The summed E-state index contributed by atoms with van der Waals surface area (Å²) in [4.78, 5) is 24.7. The third-order valence-corrected chi connectivity index (χ3v) is 4.14. The molecule has 0 saturated carbocycles. The van der Waals surface area contributed by atoms with Crippen molar-refractivity contribution in [2.45, 2.75) is 37.0 Å². The maximum atomic E-state index is 12.2. The quantitative estimate of drug-likeness (QED) is 0.325. The zero-order valence-electron chi connectivity index (χ0n) is 13.3. The highest BCUT2D eigenvalue weighted by atomic mass is 32.2. The fraction of sp³-hybridized carbons (Fsp3) is 0.263. The van der Waals surface area contributed by atoms with Gasteiger partial charge in [0.1, 0.15) is 6.42 Å². The van der Waals surface area contributed by atoms with Gasteiger partial charge in [-0.25, -0.2) is 0 Å². The van der Waals surface area contributed by atoms with Crippen LogP contribution in [0.15, 0.2) is 59.5 Å². The normalized spacial score (nSPS) is 10.6. The van der Waals surface area contributed by atoms with Gasteiger partial charge in [0.05, 0.1) is 6.10 Å². The average molecular weight is 328 g/mol. The van der Waals surface area contributed by atoms with Gasteiger partial charge >= 0.3 is 5.97 Å². The van der Waals surface area contributed by atoms with E-state index in [0.29, 0.717) is 5.56 Å². The molecule has 4 heteroatoms. The number of Topliss-reactive ketones (excluding diaryl/α,β-unsaturated/α-hetero) is 1. The zero-order chi connectivity index (χ0) is 16.7. The lowest BCUT2D eigenvalue weighted by Crippen LogP contribution is -2.15. The summed E-state index contributed by atoms with van der Waals surface area (Å²) in [5.74, 6) is 0.151. The molecule has 2 rings (SSSR count). The van der Waals surface area contributed by atoms with Crippen LogP contribution in [-0.2, 0) is 15.3 Å². The van der Waals surface area contributed by atoms with Crippen LogP contribution in [0.4, 0.5) is 0 Å². The van der Waals surface area contributed by atoms with Gasteiger partial charge in [0.2, 0.25) is 0 Å². The monoisotopic (exact) mass is 328 g/mol. The number of carbonyl (C=O) groups excluding carboxylic acids is 2. The molecular formula is C19H20O3S. The molecule has 0 N–H and O–H groups in total. The summed E-state index contributed by atoms with van der Waals surface area (Å²) >= 11 is 1.67. The Morgan fingerprint density at radius 3 is 2.48 bits per heavy atom. The highest BCUT2D eigenvalue weighted by Gasteiger charge is 2.14.